The molecule has 2 rings (SSSR count). The minimum absolute atomic E-state index is 0.741. The molecular formula is C11H19N3S2. The standard InChI is InChI=1S/C11H19N3S2/c1-3-12-11-13-9(2)6-14(11)7-10-8-15-4-5-16-10/h6,10H,3-5,7-8H2,1-2H3,(H,12,13). The number of imidazole rings is 1. The summed E-state index contributed by atoms with van der Waals surface area (Å²) >= 11 is 4.17. The average Bonchev–Trinajstić information content (AvgIpc) is 2.61. The molecule has 16 heavy (non-hydrogen) atoms. The number of aromatic nitrogens is 2. The molecule has 0 bridgehead atoms. The summed E-state index contributed by atoms with van der Waals surface area (Å²) in [5.74, 6) is 4.90. The number of thioether (sulfide) groups is 2. The molecule has 0 aromatic carbocycles. The summed E-state index contributed by atoms with van der Waals surface area (Å²) in [5, 5.41) is 4.06. The maximum Gasteiger partial charge on any atom is 0.203 e. The number of hydrogen-bond donors (Lipinski definition) is 1. The molecule has 0 radical (unpaired) electrons. The van der Waals surface area contributed by atoms with Crippen LogP contribution in [-0.2, 0) is 6.54 Å². The predicted octanol–water partition coefficient (Wildman–Crippen LogP) is 2.47. The number of hydrogen-bond acceptors (Lipinski definition) is 4. The smallest absolute Gasteiger partial charge is 0.203 e. The number of rotatable bonds is 4. The van der Waals surface area contributed by atoms with Gasteiger partial charge in [0, 0.05) is 41.8 Å². The fourth-order valence-corrected chi connectivity index (χ4v) is 4.51. The number of aryl methyl sites for hydroxylation is 1. The summed E-state index contributed by atoms with van der Waals surface area (Å²) < 4.78 is 2.27. The molecule has 1 aromatic heterocycles. The van der Waals surface area contributed by atoms with Gasteiger partial charge >= 0.3 is 0 Å². The Balaban J connectivity index is 2.01. The second-order valence-corrected chi connectivity index (χ2v) is 6.51. The van der Waals surface area contributed by atoms with Crippen molar-refractivity contribution < 1.29 is 0 Å². The van der Waals surface area contributed by atoms with Crippen molar-refractivity contribution >= 4 is 29.5 Å². The Bertz CT molecular complexity index is 332. The van der Waals surface area contributed by atoms with Crippen LogP contribution in [0.15, 0.2) is 6.20 Å². The van der Waals surface area contributed by atoms with Gasteiger partial charge in [-0.25, -0.2) is 4.98 Å². The molecule has 3 nitrogen and oxygen atoms in total. The van der Waals surface area contributed by atoms with Crippen molar-refractivity contribution in [3.8, 4) is 0 Å². The molecule has 2 heterocycles. The molecule has 1 aliphatic rings. The summed E-state index contributed by atoms with van der Waals surface area (Å²) in [6.45, 7) is 6.18. The second kappa shape index (κ2) is 5.87. The van der Waals surface area contributed by atoms with E-state index in [2.05, 4.69) is 58.4 Å². The molecule has 0 spiro atoms. The third-order valence-corrected chi connectivity index (χ3v) is 5.34. The SMILES string of the molecule is CCNc1nc(C)cn1CC1CSCCS1. The highest BCUT2D eigenvalue weighted by molar-refractivity contribution is 8.06. The van der Waals surface area contributed by atoms with Gasteiger partial charge in [-0.2, -0.15) is 23.5 Å². The number of anilines is 1. The fourth-order valence-electron chi connectivity index (χ4n) is 1.85. The highest BCUT2D eigenvalue weighted by atomic mass is 32.2. The van der Waals surface area contributed by atoms with E-state index in [1.807, 2.05) is 0 Å². The van der Waals surface area contributed by atoms with Gasteiger partial charge in [0.1, 0.15) is 0 Å². The van der Waals surface area contributed by atoms with Crippen LogP contribution in [0.5, 0.6) is 0 Å². The zero-order valence-corrected chi connectivity index (χ0v) is 11.5. The van der Waals surface area contributed by atoms with Gasteiger partial charge in [-0.1, -0.05) is 0 Å². The zero-order valence-electron chi connectivity index (χ0n) is 9.90. The lowest BCUT2D eigenvalue weighted by atomic mass is 10.4. The third-order valence-electron chi connectivity index (χ3n) is 2.52. The van der Waals surface area contributed by atoms with Crippen LogP contribution < -0.4 is 5.32 Å². The van der Waals surface area contributed by atoms with Crippen molar-refractivity contribution in [1.82, 2.24) is 9.55 Å². The van der Waals surface area contributed by atoms with E-state index in [0.717, 1.165) is 30.0 Å². The lowest BCUT2D eigenvalue weighted by molar-refractivity contribution is 0.698. The van der Waals surface area contributed by atoms with E-state index in [1.165, 1.54) is 17.3 Å². The van der Waals surface area contributed by atoms with Crippen LogP contribution in [0, 0.1) is 6.92 Å². The fraction of sp³-hybridized carbons (Fsp3) is 0.727. The van der Waals surface area contributed by atoms with E-state index in [1.54, 1.807) is 0 Å². The minimum atomic E-state index is 0.741. The minimum Gasteiger partial charge on any atom is -0.356 e. The monoisotopic (exact) mass is 257 g/mol. The lowest BCUT2D eigenvalue weighted by Crippen LogP contribution is -2.21. The summed E-state index contributed by atoms with van der Waals surface area (Å²) in [5.41, 5.74) is 1.10. The average molecular weight is 257 g/mol. The maximum atomic E-state index is 4.50. The maximum absolute atomic E-state index is 4.50. The van der Waals surface area contributed by atoms with Crippen molar-refractivity contribution in [2.24, 2.45) is 0 Å². The number of nitrogens with one attached hydrogen (secondary N) is 1. The van der Waals surface area contributed by atoms with Crippen molar-refractivity contribution in [2.75, 3.05) is 29.1 Å². The first-order valence-electron chi connectivity index (χ1n) is 5.76. The highest BCUT2D eigenvalue weighted by Gasteiger charge is 2.16. The zero-order chi connectivity index (χ0) is 11.4. The van der Waals surface area contributed by atoms with E-state index in [9.17, 15) is 0 Å². The van der Waals surface area contributed by atoms with Gasteiger partial charge in [-0.3, -0.25) is 0 Å². The molecule has 5 heteroatoms. The third kappa shape index (κ3) is 3.10. The summed E-state index contributed by atoms with van der Waals surface area (Å²) in [7, 11) is 0. The van der Waals surface area contributed by atoms with Gasteiger partial charge in [0.2, 0.25) is 5.95 Å². The Morgan fingerprint density at radius 1 is 1.56 bits per heavy atom. The van der Waals surface area contributed by atoms with Gasteiger partial charge in [0.15, 0.2) is 0 Å². The molecule has 90 valence electrons. The Labute approximate surface area is 106 Å². The van der Waals surface area contributed by atoms with Gasteiger partial charge in [-0.05, 0) is 13.8 Å². The van der Waals surface area contributed by atoms with Crippen LogP contribution in [0.25, 0.3) is 0 Å². The van der Waals surface area contributed by atoms with Crippen molar-refractivity contribution in [2.45, 2.75) is 25.6 Å². The first-order chi connectivity index (χ1) is 7.79. The largest absolute Gasteiger partial charge is 0.356 e. The summed E-state index contributed by atoms with van der Waals surface area (Å²) in [4.78, 5) is 4.50. The molecule has 0 saturated carbocycles. The van der Waals surface area contributed by atoms with Crippen molar-refractivity contribution in [1.29, 1.82) is 0 Å². The first-order valence-corrected chi connectivity index (χ1v) is 7.97. The predicted molar refractivity (Wildman–Crippen MR) is 74.7 cm³/mol. The van der Waals surface area contributed by atoms with Gasteiger partial charge in [-0.15, -0.1) is 0 Å². The topological polar surface area (TPSA) is 29.9 Å². The number of nitrogens with zero attached hydrogens (tertiary/aromatic N) is 2. The van der Waals surface area contributed by atoms with Gasteiger partial charge in [0.25, 0.3) is 0 Å². The highest BCUT2D eigenvalue weighted by Crippen LogP contribution is 2.26. The molecule has 0 amide bonds. The second-order valence-electron chi connectivity index (χ2n) is 3.96. The summed E-state index contributed by atoms with van der Waals surface area (Å²) in [6, 6.07) is 0. The van der Waals surface area contributed by atoms with E-state index < -0.39 is 0 Å². The lowest BCUT2D eigenvalue weighted by Gasteiger charge is -2.22. The normalized spacial score (nSPS) is 21.0. The van der Waals surface area contributed by atoms with Crippen LogP contribution in [0.4, 0.5) is 5.95 Å². The molecule has 1 saturated heterocycles. The molecule has 1 aliphatic heterocycles. The van der Waals surface area contributed by atoms with E-state index in [-0.39, 0.29) is 0 Å². The van der Waals surface area contributed by atoms with Crippen LogP contribution in [0.3, 0.4) is 0 Å². The quantitative estimate of drug-likeness (QED) is 0.897. The van der Waals surface area contributed by atoms with Gasteiger partial charge in [0.05, 0.1) is 5.69 Å². The first kappa shape index (κ1) is 12.2. The molecule has 1 atom stereocenters. The molecule has 1 N–H and O–H groups in total. The van der Waals surface area contributed by atoms with Crippen molar-refractivity contribution in [3.63, 3.8) is 0 Å². The Kier molecular flexibility index (Phi) is 4.46. The molecule has 1 unspecified atom stereocenters. The molecule has 0 aliphatic carbocycles. The Morgan fingerprint density at radius 3 is 3.12 bits per heavy atom. The molecule has 1 aromatic rings. The van der Waals surface area contributed by atoms with E-state index >= 15 is 0 Å². The van der Waals surface area contributed by atoms with E-state index in [4.69, 9.17) is 0 Å². The molecular weight excluding hydrogens is 238 g/mol. The van der Waals surface area contributed by atoms with E-state index in [0.29, 0.717) is 0 Å². The van der Waals surface area contributed by atoms with Crippen molar-refractivity contribution in [3.05, 3.63) is 11.9 Å². The van der Waals surface area contributed by atoms with Crippen LogP contribution in [0.2, 0.25) is 0 Å². The Morgan fingerprint density at radius 2 is 2.44 bits per heavy atom. The van der Waals surface area contributed by atoms with Crippen LogP contribution >= 0.6 is 23.5 Å². The van der Waals surface area contributed by atoms with Gasteiger partial charge < -0.3 is 9.88 Å². The summed E-state index contributed by atoms with van der Waals surface area (Å²) in [6.07, 6.45) is 2.15. The molecule has 1 fully saturated rings. The van der Waals surface area contributed by atoms with Crippen LogP contribution in [0.1, 0.15) is 12.6 Å². The van der Waals surface area contributed by atoms with Crippen LogP contribution in [-0.4, -0.2) is 38.6 Å². The Hall–Kier alpha value is -0.290.